The average molecular weight is 426 g/mol. The summed E-state index contributed by atoms with van der Waals surface area (Å²) in [5.41, 5.74) is 12.6. The number of rotatable bonds is 2. The van der Waals surface area contributed by atoms with E-state index in [1.165, 1.54) is 50.6 Å². The van der Waals surface area contributed by atoms with Crippen molar-refractivity contribution in [3.63, 3.8) is 0 Å². The van der Waals surface area contributed by atoms with E-state index in [0.717, 1.165) is 38.5 Å². The van der Waals surface area contributed by atoms with E-state index in [2.05, 4.69) is 101 Å². The normalized spacial score (nSPS) is 20.3. The quantitative estimate of drug-likeness (QED) is 0.530. The lowest BCUT2D eigenvalue weighted by Gasteiger charge is -2.46. The topological polar surface area (TPSA) is 6.48 Å². The fraction of sp³-hybridized carbons (Fsp3) is 0.200. The Balaban J connectivity index is 1.53. The molecule has 3 heteroatoms. The van der Waals surface area contributed by atoms with Gasteiger partial charge in [0.1, 0.15) is 0 Å². The Bertz CT molecular complexity index is 1340. The molecular weight excluding hydrogens is 399 g/mol. The fourth-order valence-corrected chi connectivity index (χ4v) is 6.24. The van der Waals surface area contributed by atoms with Gasteiger partial charge in [0.2, 0.25) is 0 Å². The van der Waals surface area contributed by atoms with Gasteiger partial charge in [-0.3, -0.25) is 0 Å². The highest BCUT2D eigenvalue weighted by molar-refractivity contribution is 6.95. The molecular formula is C30H27BN2. The number of para-hydroxylation sites is 1. The lowest BCUT2D eigenvalue weighted by Crippen LogP contribution is -2.57. The molecule has 0 N–H and O–H groups in total. The summed E-state index contributed by atoms with van der Waals surface area (Å²) in [6, 6.07) is 16.0. The molecule has 0 unspecified atom stereocenters. The van der Waals surface area contributed by atoms with Crippen molar-refractivity contribution in [3.8, 4) is 0 Å². The molecule has 2 aromatic rings. The Kier molecular flexibility index (Phi) is 4.36. The first-order valence-electron chi connectivity index (χ1n) is 12.4. The Morgan fingerprint density at radius 2 is 1.52 bits per heavy atom. The van der Waals surface area contributed by atoms with Crippen LogP contribution in [0.3, 0.4) is 0 Å². The van der Waals surface area contributed by atoms with Gasteiger partial charge in [-0.05, 0) is 85.3 Å². The van der Waals surface area contributed by atoms with Crippen molar-refractivity contribution in [1.82, 2.24) is 0 Å². The van der Waals surface area contributed by atoms with Crippen molar-refractivity contribution < 1.29 is 0 Å². The minimum absolute atomic E-state index is 0.291. The Labute approximate surface area is 196 Å². The first-order valence-corrected chi connectivity index (χ1v) is 12.4. The van der Waals surface area contributed by atoms with Gasteiger partial charge in [0, 0.05) is 34.2 Å². The zero-order valence-corrected chi connectivity index (χ0v) is 18.9. The van der Waals surface area contributed by atoms with Crippen molar-refractivity contribution in [1.29, 1.82) is 0 Å². The van der Waals surface area contributed by atoms with Gasteiger partial charge >= 0.3 is 0 Å². The lowest BCUT2D eigenvalue weighted by molar-refractivity contribution is 0.877. The number of fused-ring (bicyclic) bond motifs is 3. The van der Waals surface area contributed by atoms with Crippen molar-refractivity contribution >= 4 is 34.7 Å². The van der Waals surface area contributed by atoms with E-state index in [-0.39, 0.29) is 0 Å². The second kappa shape index (κ2) is 7.55. The molecule has 0 radical (unpaired) electrons. The highest BCUT2D eigenvalue weighted by Gasteiger charge is 2.44. The van der Waals surface area contributed by atoms with Gasteiger partial charge in [-0.25, -0.2) is 0 Å². The monoisotopic (exact) mass is 426 g/mol. The summed E-state index contributed by atoms with van der Waals surface area (Å²) in [5, 5.41) is 0. The second-order valence-electron chi connectivity index (χ2n) is 9.45. The van der Waals surface area contributed by atoms with Crippen LogP contribution in [0.4, 0.5) is 17.1 Å². The SMILES string of the molecule is C1=CCCC(N2c3ccccc3B3C4=C(CCC=C4)N(C4=CCCC=C4)c4cccc2c43)=C1. The molecule has 160 valence electrons. The van der Waals surface area contributed by atoms with Crippen LogP contribution in [-0.4, -0.2) is 6.71 Å². The molecule has 0 spiro atoms. The van der Waals surface area contributed by atoms with Crippen molar-refractivity contribution in [2.24, 2.45) is 0 Å². The third kappa shape index (κ3) is 2.81. The Morgan fingerprint density at radius 1 is 0.697 bits per heavy atom. The van der Waals surface area contributed by atoms with Crippen LogP contribution in [-0.2, 0) is 0 Å². The molecule has 0 fully saturated rings. The van der Waals surface area contributed by atoms with Crippen LogP contribution in [0.1, 0.15) is 38.5 Å². The first-order chi connectivity index (χ1) is 16.4. The standard InChI is InChI=1S/C30H27BN2/c1-3-12-22(13-4-1)32-26-18-9-7-16-24(26)31-25-17-8-10-19-27(25)33(23-14-5-2-6-15-23)29-21-11-20-28(32)30(29)31/h1,3,5,7-9,11-12,14-18,20-21H,2,4,6,10,13,19H2. The van der Waals surface area contributed by atoms with E-state index < -0.39 is 0 Å². The van der Waals surface area contributed by atoms with Crippen molar-refractivity contribution in [2.75, 3.05) is 9.80 Å². The maximum Gasteiger partial charge on any atom is 0.251 e. The Hall–Kier alpha value is -3.46. The highest BCUT2D eigenvalue weighted by atomic mass is 15.2. The molecule has 2 aromatic carbocycles. The van der Waals surface area contributed by atoms with Crippen LogP contribution >= 0.6 is 0 Å². The molecule has 0 amide bonds. The van der Waals surface area contributed by atoms with Crippen LogP contribution in [0, 0.1) is 0 Å². The number of allylic oxidation sites excluding steroid dienone is 11. The second-order valence-corrected chi connectivity index (χ2v) is 9.45. The van der Waals surface area contributed by atoms with Gasteiger partial charge in [-0.15, -0.1) is 0 Å². The van der Waals surface area contributed by atoms with E-state index in [1.807, 2.05) is 0 Å². The average Bonchev–Trinajstić information content (AvgIpc) is 2.89. The summed E-state index contributed by atoms with van der Waals surface area (Å²) in [5.74, 6) is 0. The third-order valence-corrected chi connectivity index (χ3v) is 7.59. The number of anilines is 3. The van der Waals surface area contributed by atoms with E-state index in [9.17, 15) is 0 Å². The number of hydrogen-bond donors (Lipinski definition) is 0. The van der Waals surface area contributed by atoms with Gasteiger partial charge in [0.05, 0.1) is 0 Å². The van der Waals surface area contributed by atoms with E-state index in [1.54, 1.807) is 0 Å². The van der Waals surface area contributed by atoms with Crippen molar-refractivity contribution in [2.45, 2.75) is 38.5 Å². The van der Waals surface area contributed by atoms with Crippen molar-refractivity contribution in [3.05, 3.63) is 114 Å². The maximum absolute atomic E-state index is 2.57. The predicted molar refractivity (Wildman–Crippen MR) is 141 cm³/mol. The van der Waals surface area contributed by atoms with Crippen LogP contribution in [0.5, 0.6) is 0 Å². The van der Waals surface area contributed by atoms with Crippen LogP contribution in [0.15, 0.2) is 114 Å². The summed E-state index contributed by atoms with van der Waals surface area (Å²) < 4.78 is 0. The summed E-state index contributed by atoms with van der Waals surface area (Å²) in [7, 11) is 0. The minimum atomic E-state index is 0.291. The van der Waals surface area contributed by atoms with Gasteiger partial charge in [-0.1, -0.05) is 60.7 Å². The van der Waals surface area contributed by atoms with Gasteiger partial charge in [-0.2, -0.15) is 0 Å². The molecule has 0 saturated carbocycles. The summed E-state index contributed by atoms with van der Waals surface area (Å²) >= 11 is 0. The van der Waals surface area contributed by atoms with E-state index in [4.69, 9.17) is 0 Å². The van der Waals surface area contributed by atoms with E-state index in [0.29, 0.717) is 6.71 Å². The van der Waals surface area contributed by atoms with Crippen LogP contribution < -0.4 is 20.7 Å². The minimum Gasteiger partial charge on any atom is -0.315 e. The zero-order valence-electron chi connectivity index (χ0n) is 18.9. The molecule has 2 heterocycles. The molecule has 5 aliphatic rings. The summed E-state index contributed by atoms with van der Waals surface area (Å²) in [6.45, 7) is 0.291. The molecule has 33 heavy (non-hydrogen) atoms. The summed E-state index contributed by atoms with van der Waals surface area (Å²) in [6.07, 6.45) is 25.3. The number of nitrogens with zero attached hydrogens (tertiary/aromatic N) is 2. The first kappa shape index (κ1) is 19.1. The van der Waals surface area contributed by atoms with E-state index >= 15 is 0 Å². The predicted octanol–water partition coefficient (Wildman–Crippen LogP) is 6.18. The fourth-order valence-electron chi connectivity index (χ4n) is 6.24. The van der Waals surface area contributed by atoms with Crippen LogP contribution in [0.25, 0.3) is 0 Å². The zero-order chi connectivity index (χ0) is 21.8. The summed E-state index contributed by atoms with van der Waals surface area (Å²) in [4.78, 5) is 5.11. The van der Waals surface area contributed by atoms with Gasteiger partial charge < -0.3 is 9.80 Å². The molecule has 2 aliphatic heterocycles. The molecule has 2 nitrogen and oxygen atoms in total. The molecule has 3 aliphatic carbocycles. The number of hydrogen-bond acceptors (Lipinski definition) is 2. The van der Waals surface area contributed by atoms with Crippen LogP contribution in [0.2, 0.25) is 0 Å². The highest BCUT2D eigenvalue weighted by Crippen LogP contribution is 2.44. The molecule has 0 saturated heterocycles. The maximum atomic E-state index is 2.57. The smallest absolute Gasteiger partial charge is 0.251 e. The number of benzene rings is 2. The molecule has 7 rings (SSSR count). The molecule has 0 aromatic heterocycles. The largest absolute Gasteiger partial charge is 0.315 e. The third-order valence-electron chi connectivity index (χ3n) is 7.59. The molecule has 0 bridgehead atoms. The van der Waals surface area contributed by atoms with Gasteiger partial charge in [0.15, 0.2) is 0 Å². The molecule has 0 atom stereocenters. The lowest BCUT2D eigenvalue weighted by atomic mass is 9.32. The Morgan fingerprint density at radius 3 is 2.36 bits per heavy atom. The van der Waals surface area contributed by atoms with Gasteiger partial charge in [0.25, 0.3) is 6.71 Å².